The molecule has 2 N–H and O–H groups in total. The van der Waals surface area contributed by atoms with Crippen LogP contribution >= 0.6 is 0 Å². The number of carboxylic acids is 1. The number of aliphatic carboxylic acids is 1. The Morgan fingerprint density at radius 3 is 1.16 bits per heavy atom. The SMILES string of the molecule is CC(=O)O.CC(=O)O[C@H]1C[C@@H](C)CC[C@@H]1C(C)C.CC1CC=C(C(C)C)CC1.CC1CCC(C(C)C)CC1.CO.O=S(=O)([O][AlH])C(F)(F)F.O=S(=O)([O][AlH])C(F)(F)F.O=S(=O)([O][AlH])C(F)(F)F.[HH].[Pd].[Pd].[Pd]. The number of aliphatic hydroxyl groups is 1. The van der Waals surface area contributed by atoms with Crippen molar-refractivity contribution in [3.63, 3.8) is 0 Å². The Kier molecular flexibility index (Phi) is 54.4. The van der Waals surface area contributed by atoms with E-state index in [4.69, 9.17) is 19.7 Å². The van der Waals surface area contributed by atoms with Gasteiger partial charge >= 0.3 is 103 Å². The van der Waals surface area contributed by atoms with E-state index in [0.717, 1.165) is 50.0 Å². The topological polar surface area (TPSA) is 214 Å². The summed E-state index contributed by atoms with van der Waals surface area (Å²) in [4.78, 5) is 20.0. The third-order valence-corrected chi connectivity index (χ3v) is 15.5. The molecule has 0 spiro atoms. The van der Waals surface area contributed by atoms with Gasteiger partial charge in [0, 0.05) is 83.7 Å². The van der Waals surface area contributed by atoms with Crippen molar-refractivity contribution in [1.82, 2.24) is 0 Å². The Labute approximate surface area is 478 Å². The Bertz CT molecular complexity index is 1620. The van der Waals surface area contributed by atoms with Gasteiger partial charge in [-0.2, -0.15) is 64.8 Å². The first kappa shape index (κ1) is 88.0. The maximum Gasteiger partial charge on any atom is 0.520 e. The van der Waals surface area contributed by atoms with E-state index < -0.39 is 52.8 Å². The van der Waals surface area contributed by atoms with Crippen molar-refractivity contribution in [3.8, 4) is 0 Å². The average Bonchev–Trinajstić information content (AvgIpc) is 3.18. The molecule has 3 radical (unpaired) electrons. The number of carbonyl (C=O) groups is 2. The summed E-state index contributed by atoms with van der Waals surface area (Å²) in [6.07, 6.45) is 16.1. The molecule has 0 saturated heterocycles. The van der Waals surface area contributed by atoms with E-state index in [1.807, 2.05) is 0 Å². The van der Waals surface area contributed by atoms with Crippen LogP contribution in [0, 0.1) is 47.3 Å². The van der Waals surface area contributed by atoms with Gasteiger partial charge in [0.1, 0.15) is 6.10 Å². The maximum atomic E-state index is 11.1. The molecule has 2 saturated carbocycles. The molecule has 0 aromatic carbocycles. The zero-order valence-corrected chi connectivity index (χ0v) is 52.7. The monoisotopic (exact) mass is 1420 g/mol. The molecule has 0 aliphatic heterocycles. The van der Waals surface area contributed by atoms with Crippen molar-refractivity contribution in [2.24, 2.45) is 47.3 Å². The second kappa shape index (κ2) is 43.3. The molecule has 3 aliphatic carbocycles. The van der Waals surface area contributed by atoms with Gasteiger partial charge in [-0.25, -0.2) is 0 Å². The molecule has 0 heterocycles. The van der Waals surface area contributed by atoms with Crippen LogP contribution in [0.3, 0.4) is 0 Å². The number of aliphatic hydroxyl groups excluding tert-OH is 1. The molecule has 0 amide bonds. The van der Waals surface area contributed by atoms with E-state index >= 15 is 0 Å². The number of carboxylic acid groups (broad SMARTS) is 1. The first-order valence-electron chi connectivity index (χ1n) is 20.8. The van der Waals surface area contributed by atoms with E-state index in [1.54, 1.807) is 5.57 Å². The molecule has 1 unspecified atom stereocenters. The fourth-order valence-electron chi connectivity index (χ4n) is 6.13. The molecule has 70 heavy (non-hydrogen) atoms. The van der Waals surface area contributed by atoms with Gasteiger partial charge in [-0.3, -0.25) is 9.59 Å². The minimum Gasteiger partial charge on any atom is -0.481 e. The Hall–Kier alpha value is 1.32. The van der Waals surface area contributed by atoms with Gasteiger partial charge < -0.3 is 24.7 Å². The Balaban J connectivity index is -0.0000000903. The van der Waals surface area contributed by atoms with E-state index in [0.29, 0.717) is 17.8 Å². The third kappa shape index (κ3) is 43.4. The zero-order valence-electron chi connectivity index (χ0n) is 41.3. The fraction of sp³-hybridized carbons (Fsp3) is 0.895. The molecule has 0 bridgehead atoms. The van der Waals surface area contributed by atoms with Gasteiger partial charge in [-0.1, -0.05) is 93.2 Å². The standard InChI is InChI=1S/C12H22O2.C10H20.C10H18.C2H4O2.3CHF3O3S.CH4O.3Al.3Pd.H2.3H/c1-8(2)11-6-5-9(3)7-12(11)14-10(4)13;2*1-8(2)10-6-4-9(3)5-7-10;1-2(3)4;3*2-1(3,4)8(5,6)7;1-2;;;;;;;;;;/h8-9,11-12H,5-7H2,1-4H3;8-10H,4-7H2,1-3H3;6,8-9H,4-5,7H2,1-3H3;1H3,(H,3,4);3*(H,5,6,7);2H,1H3;;;;;;;1H;;;/q;;;;;;;;3*+1;;;;;;;/p-3/t9-,11+,12-;;;;;;;;;;;;;;;;;/m0................./s1. The number of carbonyl (C=O) groups excluding carboxylic acids is 1. The first-order chi connectivity index (χ1) is 30.1. The molecule has 3 aliphatic rings. The smallest absolute Gasteiger partial charge is 0.481 e. The quantitative estimate of drug-likeness (QED) is 0.0802. The molecule has 2 fully saturated rings. The molecule has 14 nitrogen and oxygen atoms in total. The van der Waals surface area contributed by atoms with Gasteiger partial charge in [0.25, 0.3) is 5.97 Å². The molecular weight excluding hydrogens is 1350 g/mol. The summed E-state index contributed by atoms with van der Waals surface area (Å²) in [5.41, 5.74) is -14.2. The van der Waals surface area contributed by atoms with Gasteiger partial charge in [-0.15, -0.1) is 0 Å². The van der Waals surface area contributed by atoms with E-state index in [2.05, 4.69) is 78.1 Å². The minimum atomic E-state index is -5.32. The van der Waals surface area contributed by atoms with Crippen molar-refractivity contribution in [1.29, 1.82) is 0 Å². The average molecular weight is 1420 g/mol. The van der Waals surface area contributed by atoms with Crippen LogP contribution in [-0.2, 0) is 116 Å². The molecule has 4 atom stereocenters. The van der Waals surface area contributed by atoms with Crippen LogP contribution in [0.15, 0.2) is 11.6 Å². The second-order valence-corrected chi connectivity index (χ2v) is 23.6. The molecule has 0 aromatic rings. The molecular formula is C38H73Al3F9O14Pd3S3. The number of allylic oxidation sites excluding steroid dienone is 2. The number of ether oxygens (including phenoxy) is 1. The first-order valence-corrected chi connectivity index (χ1v) is 26.8. The van der Waals surface area contributed by atoms with E-state index in [1.165, 1.54) is 64.7 Å². The Morgan fingerprint density at radius 1 is 0.614 bits per heavy atom. The summed E-state index contributed by atoms with van der Waals surface area (Å²) in [6, 6.07) is 0. The zero-order chi connectivity index (χ0) is 54.5. The van der Waals surface area contributed by atoms with Crippen LogP contribution in [0.4, 0.5) is 39.5 Å². The van der Waals surface area contributed by atoms with Gasteiger partial charge in [0.15, 0.2) is 0 Å². The number of hydrogen-bond acceptors (Lipinski definition) is 13. The number of esters is 1. The molecule has 429 valence electrons. The fourth-order valence-corrected chi connectivity index (χ4v) is 7.73. The summed E-state index contributed by atoms with van der Waals surface area (Å²) >= 11 is 0.786. The van der Waals surface area contributed by atoms with Crippen molar-refractivity contribution >= 4 is 92.2 Å². The summed E-state index contributed by atoms with van der Waals surface area (Å²) in [7, 11) is -15.0. The van der Waals surface area contributed by atoms with Crippen molar-refractivity contribution in [2.75, 3.05) is 7.11 Å². The van der Waals surface area contributed by atoms with Crippen molar-refractivity contribution in [2.45, 2.75) is 163 Å². The van der Waals surface area contributed by atoms with Crippen LogP contribution in [-0.4, -0.2) is 127 Å². The predicted molar refractivity (Wildman–Crippen MR) is 242 cm³/mol. The number of rotatable bonds is 7. The summed E-state index contributed by atoms with van der Waals surface area (Å²) in [6.45, 7) is 23.3. The molecule has 3 rings (SSSR count). The summed E-state index contributed by atoms with van der Waals surface area (Å²) in [5.74, 6) is 5.61. The van der Waals surface area contributed by atoms with E-state index in [9.17, 15) is 69.6 Å². The third-order valence-electron chi connectivity index (χ3n) is 10.0. The van der Waals surface area contributed by atoms with Gasteiger partial charge in [0.05, 0.1) is 0 Å². The molecule has 0 aromatic heterocycles. The van der Waals surface area contributed by atoms with Gasteiger partial charge in [-0.05, 0) is 92.3 Å². The van der Waals surface area contributed by atoms with Crippen LogP contribution in [0.25, 0.3) is 0 Å². The van der Waals surface area contributed by atoms with E-state index in [-0.39, 0.29) is 125 Å². The number of alkyl halides is 9. The van der Waals surface area contributed by atoms with Crippen LogP contribution < -0.4 is 0 Å². The maximum absolute atomic E-state index is 11.1. The molecule has 32 heteroatoms. The Morgan fingerprint density at radius 2 is 0.943 bits per heavy atom. The summed E-state index contributed by atoms with van der Waals surface area (Å²) in [5, 5.41) is 14.4. The van der Waals surface area contributed by atoms with Crippen molar-refractivity contribution in [3.05, 3.63) is 11.6 Å². The number of hydrogen-bond donors (Lipinski definition) is 2. The van der Waals surface area contributed by atoms with Crippen LogP contribution in [0.1, 0.15) is 142 Å². The van der Waals surface area contributed by atoms with Crippen LogP contribution in [0.5, 0.6) is 0 Å². The van der Waals surface area contributed by atoms with Gasteiger partial charge in [0.2, 0.25) is 0 Å². The van der Waals surface area contributed by atoms with Crippen molar-refractivity contribution < 1.29 is 162 Å². The minimum absolute atomic E-state index is 0. The number of halogens is 9. The second-order valence-electron chi connectivity index (χ2n) is 16.6. The predicted octanol–water partition coefficient (Wildman–Crippen LogP) is 8.81. The largest absolute Gasteiger partial charge is 0.520 e. The van der Waals surface area contributed by atoms with Crippen LogP contribution in [0.2, 0.25) is 0 Å². The summed E-state index contributed by atoms with van der Waals surface area (Å²) < 4.78 is 173. The normalized spacial score (nSPS) is 21.1.